The number of anilines is 1. The lowest BCUT2D eigenvalue weighted by Gasteiger charge is -2.17. The summed E-state index contributed by atoms with van der Waals surface area (Å²) >= 11 is 1.43. The quantitative estimate of drug-likeness (QED) is 0.779. The SMILES string of the molecule is CCSC1=C(c2ccc(C)cc2)C(=O)N(c2ccccc2C)C1=O. The summed E-state index contributed by atoms with van der Waals surface area (Å²) in [7, 11) is 0. The van der Waals surface area contributed by atoms with Gasteiger partial charge < -0.3 is 0 Å². The maximum Gasteiger partial charge on any atom is 0.272 e. The van der Waals surface area contributed by atoms with Gasteiger partial charge in [0.25, 0.3) is 11.8 Å². The van der Waals surface area contributed by atoms with Crippen LogP contribution < -0.4 is 4.90 Å². The van der Waals surface area contributed by atoms with Gasteiger partial charge in [-0.15, -0.1) is 11.8 Å². The van der Waals surface area contributed by atoms with E-state index in [-0.39, 0.29) is 11.8 Å². The summed E-state index contributed by atoms with van der Waals surface area (Å²) in [4.78, 5) is 27.9. The molecule has 3 nitrogen and oxygen atoms in total. The smallest absolute Gasteiger partial charge is 0.268 e. The number of hydrogen-bond acceptors (Lipinski definition) is 3. The van der Waals surface area contributed by atoms with E-state index >= 15 is 0 Å². The Hall–Kier alpha value is -2.33. The van der Waals surface area contributed by atoms with Crippen molar-refractivity contribution in [3.63, 3.8) is 0 Å². The zero-order chi connectivity index (χ0) is 17.3. The van der Waals surface area contributed by atoms with Gasteiger partial charge in [-0.1, -0.05) is 55.0 Å². The molecule has 3 rings (SSSR count). The van der Waals surface area contributed by atoms with Crippen LogP contribution in [0.25, 0.3) is 5.57 Å². The lowest BCUT2D eigenvalue weighted by atomic mass is 10.0. The third-order valence-electron chi connectivity index (χ3n) is 4.03. The second-order valence-electron chi connectivity index (χ2n) is 5.74. The summed E-state index contributed by atoms with van der Waals surface area (Å²) in [6, 6.07) is 15.2. The second kappa shape index (κ2) is 6.65. The molecule has 0 fully saturated rings. The molecule has 1 aliphatic heterocycles. The monoisotopic (exact) mass is 337 g/mol. The van der Waals surface area contributed by atoms with Crippen molar-refractivity contribution < 1.29 is 9.59 Å². The van der Waals surface area contributed by atoms with Crippen molar-refractivity contribution in [2.75, 3.05) is 10.7 Å². The molecular weight excluding hydrogens is 318 g/mol. The molecule has 2 aromatic carbocycles. The maximum absolute atomic E-state index is 13.1. The summed E-state index contributed by atoms with van der Waals surface area (Å²) < 4.78 is 0. The van der Waals surface area contributed by atoms with Crippen LogP contribution in [0.15, 0.2) is 53.4 Å². The summed E-state index contributed by atoms with van der Waals surface area (Å²) in [6.07, 6.45) is 0. The number of amides is 2. The van der Waals surface area contributed by atoms with E-state index in [2.05, 4.69) is 0 Å². The number of carbonyl (C=O) groups excluding carboxylic acids is 2. The van der Waals surface area contributed by atoms with Crippen LogP contribution in [0.2, 0.25) is 0 Å². The number of rotatable bonds is 4. The van der Waals surface area contributed by atoms with Crippen LogP contribution in [0.4, 0.5) is 5.69 Å². The minimum atomic E-state index is -0.242. The average molecular weight is 337 g/mol. The van der Waals surface area contributed by atoms with Crippen molar-refractivity contribution in [1.29, 1.82) is 0 Å². The minimum Gasteiger partial charge on any atom is -0.268 e. The zero-order valence-corrected chi connectivity index (χ0v) is 14.8. The fourth-order valence-electron chi connectivity index (χ4n) is 2.80. The molecule has 1 aliphatic rings. The van der Waals surface area contributed by atoms with Crippen molar-refractivity contribution in [3.8, 4) is 0 Å². The van der Waals surface area contributed by atoms with Crippen molar-refractivity contribution >= 4 is 34.8 Å². The van der Waals surface area contributed by atoms with E-state index in [1.54, 1.807) is 0 Å². The predicted molar refractivity (Wildman–Crippen MR) is 99.9 cm³/mol. The van der Waals surface area contributed by atoms with E-state index in [0.29, 0.717) is 16.2 Å². The first kappa shape index (κ1) is 16.5. The van der Waals surface area contributed by atoms with Gasteiger partial charge in [0.1, 0.15) is 0 Å². The Labute approximate surface area is 146 Å². The highest BCUT2D eigenvalue weighted by atomic mass is 32.2. The van der Waals surface area contributed by atoms with Crippen LogP contribution in [0.5, 0.6) is 0 Å². The van der Waals surface area contributed by atoms with Crippen LogP contribution in [0, 0.1) is 13.8 Å². The van der Waals surface area contributed by atoms with Crippen LogP contribution in [-0.4, -0.2) is 17.6 Å². The molecule has 122 valence electrons. The fraction of sp³-hybridized carbons (Fsp3) is 0.200. The summed E-state index contributed by atoms with van der Waals surface area (Å²) in [5.41, 5.74) is 3.99. The van der Waals surface area contributed by atoms with Crippen LogP contribution in [-0.2, 0) is 9.59 Å². The lowest BCUT2D eigenvalue weighted by molar-refractivity contribution is -0.119. The Bertz CT molecular complexity index is 837. The third-order valence-corrected chi connectivity index (χ3v) is 4.98. The molecule has 0 unspecified atom stereocenters. The molecule has 0 saturated carbocycles. The minimum absolute atomic E-state index is 0.225. The molecule has 4 heteroatoms. The molecule has 0 atom stereocenters. The van der Waals surface area contributed by atoms with Gasteiger partial charge >= 0.3 is 0 Å². The van der Waals surface area contributed by atoms with Crippen LogP contribution >= 0.6 is 11.8 Å². The molecule has 24 heavy (non-hydrogen) atoms. The van der Waals surface area contributed by atoms with Crippen molar-refractivity contribution in [2.45, 2.75) is 20.8 Å². The van der Waals surface area contributed by atoms with E-state index in [4.69, 9.17) is 0 Å². The number of aryl methyl sites for hydroxylation is 2. The molecule has 2 aromatic rings. The molecular formula is C20H19NO2S. The predicted octanol–water partition coefficient (Wildman–Crippen LogP) is 4.34. The first-order chi connectivity index (χ1) is 11.5. The van der Waals surface area contributed by atoms with Crippen molar-refractivity contribution in [3.05, 3.63) is 70.1 Å². The number of carbonyl (C=O) groups is 2. The van der Waals surface area contributed by atoms with Gasteiger partial charge in [0.05, 0.1) is 16.2 Å². The van der Waals surface area contributed by atoms with Crippen molar-refractivity contribution in [1.82, 2.24) is 0 Å². The third kappa shape index (κ3) is 2.78. The van der Waals surface area contributed by atoms with E-state index in [0.717, 1.165) is 22.4 Å². The molecule has 0 saturated heterocycles. The molecule has 0 N–H and O–H groups in total. The topological polar surface area (TPSA) is 37.4 Å². The highest BCUT2D eigenvalue weighted by molar-refractivity contribution is 8.04. The highest BCUT2D eigenvalue weighted by Gasteiger charge is 2.40. The Morgan fingerprint density at radius 2 is 1.58 bits per heavy atom. The van der Waals surface area contributed by atoms with Crippen molar-refractivity contribution in [2.24, 2.45) is 0 Å². The summed E-state index contributed by atoms with van der Waals surface area (Å²) in [6.45, 7) is 5.89. The zero-order valence-electron chi connectivity index (χ0n) is 14.0. The molecule has 0 radical (unpaired) electrons. The number of nitrogens with zero attached hydrogens (tertiary/aromatic N) is 1. The molecule has 2 amide bonds. The molecule has 0 aliphatic carbocycles. The van der Waals surface area contributed by atoms with Gasteiger partial charge in [-0.05, 0) is 36.8 Å². The molecule has 0 aromatic heterocycles. The Balaban J connectivity index is 2.12. The number of para-hydroxylation sites is 1. The summed E-state index contributed by atoms with van der Waals surface area (Å²) in [5.74, 6) is 0.275. The van der Waals surface area contributed by atoms with E-state index < -0.39 is 0 Å². The Morgan fingerprint density at radius 3 is 2.21 bits per heavy atom. The van der Waals surface area contributed by atoms with Gasteiger partial charge in [0.15, 0.2) is 0 Å². The van der Waals surface area contributed by atoms with Gasteiger partial charge in [-0.2, -0.15) is 0 Å². The van der Waals surface area contributed by atoms with E-state index in [1.807, 2.05) is 69.3 Å². The van der Waals surface area contributed by atoms with Crippen LogP contribution in [0.3, 0.4) is 0 Å². The molecule has 1 heterocycles. The fourth-order valence-corrected chi connectivity index (χ4v) is 3.65. The number of imide groups is 1. The summed E-state index contributed by atoms with van der Waals surface area (Å²) in [5, 5.41) is 0. The van der Waals surface area contributed by atoms with Gasteiger partial charge in [0, 0.05) is 0 Å². The standard InChI is InChI=1S/C20H19NO2S/c1-4-24-18-17(15-11-9-13(2)10-12-15)19(22)21(20(18)23)16-8-6-5-7-14(16)3/h5-12H,4H2,1-3H3. The van der Waals surface area contributed by atoms with Crippen LogP contribution in [0.1, 0.15) is 23.6 Å². The first-order valence-corrected chi connectivity index (χ1v) is 8.91. The number of thioether (sulfide) groups is 1. The Morgan fingerprint density at radius 1 is 0.917 bits per heavy atom. The average Bonchev–Trinajstić information content (AvgIpc) is 2.81. The van der Waals surface area contributed by atoms with E-state index in [9.17, 15) is 9.59 Å². The second-order valence-corrected chi connectivity index (χ2v) is 7.01. The first-order valence-electron chi connectivity index (χ1n) is 7.93. The van der Waals surface area contributed by atoms with Gasteiger partial charge in [-0.3, -0.25) is 9.59 Å². The number of benzene rings is 2. The van der Waals surface area contributed by atoms with Gasteiger partial charge in [0.2, 0.25) is 0 Å². The highest BCUT2D eigenvalue weighted by Crippen LogP contribution is 2.39. The molecule has 0 spiro atoms. The number of hydrogen-bond donors (Lipinski definition) is 0. The van der Waals surface area contributed by atoms with E-state index in [1.165, 1.54) is 16.7 Å². The van der Waals surface area contributed by atoms with Gasteiger partial charge in [-0.25, -0.2) is 4.90 Å². The molecule has 0 bridgehead atoms. The Kier molecular flexibility index (Phi) is 4.58. The maximum atomic E-state index is 13.1. The largest absolute Gasteiger partial charge is 0.272 e. The normalized spacial score (nSPS) is 14.7. The lowest BCUT2D eigenvalue weighted by Crippen LogP contribution is -2.31.